The highest BCUT2D eigenvalue weighted by Gasteiger charge is 2.13. The zero-order chi connectivity index (χ0) is 13.3. The highest BCUT2D eigenvalue weighted by atomic mass is 79.9. The zero-order valence-electron chi connectivity index (χ0n) is 8.52. The number of nitrogens with zero attached hydrogens (tertiary/aromatic N) is 1. The Morgan fingerprint density at radius 2 is 1.94 bits per heavy atom. The van der Waals surface area contributed by atoms with E-state index in [1.54, 1.807) is 12.1 Å². The van der Waals surface area contributed by atoms with Gasteiger partial charge in [0.25, 0.3) is 5.19 Å². The quantitative estimate of drug-likeness (QED) is 0.434. The van der Waals surface area contributed by atoms with Crippen molar-refractivity contribution in [2.45, 2.75) is 5.88 Å². The van der Waals surface area contributed by atoms with Gasteiger partial charge in [0.1, 0.15) is 5.15 Å². The molecule has 0 bridgehead atoms. The Kier molecular flexibility index (Phi) is 5.03. The Morgan fingerprint density at radius 1 is 1.22 bits per heavy atom. The van der Waals surface area contributed by atoms with Crippen molar-refractivity contribution in [1.82, 2.24) is 4.98 Å². The summed E-state index contributed by atoms with van der Waals surface area (Å²) in [4.78, 5) is 4.78. The van der Waals surface area contributed by atoms with E-state index >= 15 is 0 Å². The van der Waals surface area contributed by atoms with Crippen LogP contribution in [0.4, 0.5) is 0 Å². The summed E-state index contributed by atoms with van der Waals surface area (Å²) in [6.45, 7) is 0. The number of hydrogen-bond acceptors (Lipinski definition) is 3. The van der Waals surface area contributed by atoms with E-state index in [0.717, 1.165) is 4.88 Å². The van der Waals surface area contributed by atoms with Gasteiger partial charge in [-0.2, -0.15) is 4.98 Å². The lowest BCUT2D eigenvalue weighted by atomic mass is 10.3. The van der Waals surface area contributed by atoms with Crippen LogP contribution < -0.4 is 4.74 Å². The van der Waals surface area contributed by atoms with Crippen LogP contribution >= 0.6 is 73.7 Å². The second-order valence-electron chi connectivity index (χ2n) is 3.13. The van der Waals surface area contributed by atoms with Crippen LogP contribution in [0.15, 0.2) is 16.6 Å². The summed E-state index contributed by atoms with van der Waals surface area (Å²) in [7, 11) is 0. The minimum Gasteiger partial charge on any atom is -0.429 e. The molecule has 0 N–H and O–H groups in total. The third kappa shape index (κ3) is 3.24. The van der Waals surface area contributed by atoms with Gasteiger partial charge in [-0.15, -0.1) is 11.6 Å². The van der Waals surface area contributed by atoms with Crippen molar-refractivity contribution in [3.63, 3.8) is 0 Å². The van der Waals surface area contributed by atoms with Gasteiger partial charge in [0.2, 0.25) is 0 Å². The molecule has 0 radical (unpaired) electrons. The van der Waals surface area contributed by atoms with Gasteiger partial charge in [0.05, 0.1) is 20.8 Å². The molecule has 0 aliphatic heterocycles. The van der Waals surface area contributed by atoms with Crippen LogP contribution in [0.5, 0.6) is 10.9 Å². The molecule has 2 aromatic rings. The molecule has 0 atom stereocenters. The predicted molar refractivity (Wildman–Crippen MR) is 80.9 cm³/mol. The molecule has 18 heavy (non-hydrogen) atoms. The van der Waals surface area contributed by atoms with Crippen molar-refractivity contribution in [3.8, 4) is 10.9 Å². The predicted octanol–water partition coefficient (Wildman–Crippen LogP) is 6.40. The fraction of sp³-hybridized carbons (Fsp3) is 0.100. The fourth-order valence-corrected chi connectivity index (χ4v) is 3.28. The van der Waals surface area contributed by atoms with Crippen molar-refractivity contribution in [3.05, 3.63) is 36.7 Å². The van der Waals surface area contributed by atoms with Gasteiger partial charge in [-0.3, -0.25) is 0 Å². The topological polar surface area (TPSA) is 22.1 Å². The minimum atomic E-state index is 0.286. The molecule has 8 heteroatoms. The Hall–Kier alpha value is 0.290. The summed E-state index contributed by atoms with van der Waals surface area (Å²) in [5.41, 5.74) is 0. The minimum absolute atomic E-state index is 0.286. The fourth-order valence-electron chi connectivity index (χ4n) is 1.12. The van der Waals surface area contributed by atoms with E-state index in [1.807, 2.05) is 0 Å². The van der Waals surface area contributed by atoms with Gasteiger partial charge in [0.15, 0.2) is 5.75 Å². The first-order chi connectivity index (χ1) is 8.51. The van der Waals surface area contributed by atoms with Crippen LogP contribution in [-0.2, 0) is 5.88 Å². The molecule has 2 rings (SSSR count). The maximum absolute atomic E-state index is 6.04. The van der Waals surface area contributed by atoms with E-state index in [-0.39, 0.29) is 5.88 Å². The number of benzene rings is 1. The van der Waals surface area contributed by atoms with Gasteiger partial charge in [-0.25, -0.2) is 0 Å². The van der Waals surface area contributed by atoms with E-state index in [0.29, 0.717) is 30.6 Å². The molecule has 1 heterocycles. The lowest BCUT2D eigenvalue weighted by Crippen LogP contribution is -1.85. The number of aromatic nitrogens is 1. The Balaban J connectivity index is 2.30. The summed E-state index contributed by atoms with van der Waals surface area (Å²) in [6, 6.07) is 3.25. The standard InChI is InChI=1S/C10H4BrCl4NOS/c11-4-1-6(14)7(2-5(4)13)17-10-16-9(15)8(3-12)18-10/h1-2H,3H2. The molecular weight excluding hydrogens is 404 g/mol. The van der Waals surface area contributed by atoms with Crippen LogP contribution in [-0.4, -0.2) is 4.98 Å². The molecule has 1 aromatic heterocycles. The van der Waals surface area contributed by atoms with E-state index in [1.165, 1.54) is 11.3 Å². The smallest absolute Gasteiger partial charge is 0.280 e. The summed E-state index contributed by atoms with van der Waals surface area (Å²) in [6.07, 6.45) is 0. The van der Waals surface area contributed by atoms with Crippen molar-refractivity contribution in [1.29, 1.82) is 0 Å². The lowest BCUT2D eigenvalue weighted by Gasteiger charge is -2.05. The number of rotatable bonds is 3. The summed E-state index contributed by atoms with van der Waals surface area (Å²) >= 11 is 28.1. The molecule has 96 valence electrons. The molecule has 0 aliphatic rings. The summed E-state index contributed by atoms with van der Waals surface area (Å²) in [5.74, 6) is 0.700. The molecule has 0 unspecified atom stereocenters. The number of alkyl halides is 1. The molecule has 2 nitrogen and oxygen atoms in total. The SMILES string of the molecule is ClCc1sc(Oc2cc(Cl)c(Br)cc2Cl)nc1Cl. The molecular formula is C10H4BrCl4NOS. The lowest BCUT2D eigenvalue weighted by molar-refractivity contribution is 0.479. The first-order valence-corrected chi connectivity index (χ1v) is 7.82. The van der Waals surface area contributed by atoms with Gasteiger partial charge < -0.3 is 4.74 Å². The molecule has 0 aliphatic carbocycles. The van der Waals surface area contributed by atoms with Gasteiger partial charge >= 0.3 is 0 Å². The molecule has 0 saturated heterocycles. The number of halogens is 5. The van der Waals surface area contributed by atoms with E-state index in [2.05, 4.69) is 20.9 Å². The second kappa shape index (κ2) is 6.16. The van der Waals surface area contributed by atoms with E-state index in [4.69, 9.17) is 51.1 Å². The van der Waals surface area contributed by atoms with E-state index < -0.39 is 0 Å². The van der Waals surface area contributed by atoms with Crippen LogP contribution in [0.2, 0.25) is 15.2 Å². The maximum atomic E-state index is 6.04. The largest absolute Gasteiger partial charge is 0.429 e. The average Bonchev–Trinajstić information content (AvgIpc) is 2.66. The number of thiazole rings is 1. The highest BCUT2D eigenvalue weighted by Crippen LogP contribution is 2.39. The van der Waals surface area contributed by atoms with Crippen LogP contribution in [0, 0.1) is 0 Å². The first kappa shape index (κ1) is 14.7. The van der Waals surface area contributed by atoms with Gasteiger partial charge in [0, 0.05) is 10.5 Å². The van der Waals surface area contributed by atoms with Crippen LogP contribution in [0.1, 0.15) is 4.88 Å². The molecule has 0 spiro atoms. The van der Waals surface area contributed by atoms with Crippen molar-refractivity contribution in [2.24, 2.45) is 0 Å². The first-order valence-electron chi connectivity index (χ1n) is 4.55. The normalized spacial score (nSPS) is 10.7. The zero-order valence-corrected chi connectivity index (χ0v) is 13.9. The number of ether oxygens (including phenoxy) is 1. The maximum Gasteiger partial charge on any atom is 0.280 e. The monoisotopic (exact) mass is 405 g/mol. The third-order valence-electron chi connectivity index (χ3n) is 1.92. The number of hydrogen-bond donors (Lipinski definition) is 0. The average molecular weight is 408 g/mol. The Labute approximate surface area is 136 Å². The van der Waals surface area contributed by atoms with Crippen LogP contribution in [0.3, 0.4) is 0 Å². The summed E-state index contributed by atoms with van der Waals surface area (Å²) in [5, 5.41) is 1.62. The van der Waals surface area contributed by atoms with Crippen molar-refractivity contribution in [2.75, 3.05) is 0 Å². The molecule has 1 aromatic carbocycles. The molecule has 0 amide bonds. The van der Waals surface area contributed by atoms with Crippen molar-refractivity contribution >= 4 is 73.7 Å². The Morgan fingerprint density at radius 3 is 2.56 bits per heavy atom. The molecule has 0 saturated carbocycles. The third-order valence-corrected chi connectivity index (χ3v) is 5.20. The Bertz CT molecular complexity index is 589. The molecule has 0 fully saturated rings. The van der Waals surface area contributed by atoms with Crippen LogP contribution in [0.25, 0.3) is 0 Å². The van der Waals surface area contributed by atoms with Gasteiger partial charge in [-0.1, -0.05) is 46.1 Å². The summed E-state index contributed by atoms with van der Waals surface area (Å²) < 4.78 is 6.23. The van der Waals surface area contributed by atoms with Crippen molar-refractivity contribution < 1.29 is 4.74 Å². The van der Waals surface area contributed by atoms with Gasteiger partial charge in [-0.05, 0) is 22.0 Å². The second-order valence-corrected chi connectivity index (χ2v) is 6.47. The highest BCUT2D eigenvalue weighted by molar-refractivity contribution is 9.10. The van der Waals surface area contributed by atoms with E-state index in [9.17, 15) is 0 Å².